The van der Waals surface area contributed by atoms with Crippen molar-refractivity contribution in [1.82, 2.24) is 20.5 Å². The summed E-state index contributed by atoms with van der Waals surface area (Å²) in [5.41, 5.74) is 1.08. The van der Waals surface area contributed by atoms with Crippen LogP contribution in [-0.2, 0) is 0 Å². The summed E-state index contributed by atoms with van der Waals surface area (Å²) in [6.07, 6.45) is 3.41. The average Bonchev–Trinajstić information content (AvgIpc) is 2.68. The first-order valence-corrected chi connectivity index (χ1v) is 10.6. The van der Waals surface area contributed by atoms with E-state index in [1.807, 2.05) is 0 Å². The van der Waals surface area contributed by atoms with Crippen molar-refractivity contribution < 1.29 is 0 Å². The predicted octanol–water partition coefficient (Wildman–Crippen LogP) is 2.65. The first kappa shape index (κ1) is 21.5. The molecule has 0 atom stereocenters. The summed E-state index contributed by atoms with van der Waals surface area (Å²) in [6.45, 7) is 15.7. The SMILES string of the molecule is CCCN(CC)CCN=C(NCC)NC1CCN(c2cccc(C)n2)CC1. The zero-order valence-corrected chi connectivity index (χ0v) is 17.7. The fourth-order valence-electron chi connectivity index (χ4n) is 3.52. The van der Waals surface area contributed by atoms with Gasteiger partial charge in [-0.05, 0) is 58.3 Å². The minimum atomic E-state index is 0.474. The third-order valence-electron chi connectivity index (χ3n) is 5.05. The van der Waals surface area contributed by atoms with Gasteiger partial charge in [0, 0.05) is 37.9 Å². The lowest BCUT2D eigenvalue weighted by Crippen LogP contribution is -2.49. The van der Waals surface area contributed by atoms with Crippen LogP contribution in [-0.4, -0.2) is 67.7 Å². The molecule has 1 fully saturated rings. The number of likely N-dealkylation sites (N-methyl/N-ethyl adjacent to an activating group) is 1. The van der Waals surface area contributed by atoms with E-state index >= 15 is 0 Å². The maximum absolute atomic E-state index is 4.79. The van der Waals surface area contributed by atoms with Crippen molar-refractivity contribution >= 4 is 11.8 Å². The number of nitrogens with zero attached hydrogens (tertiary/aromatic N) is 4. The molecule has 6 heteroatoms. The second-order valence-electron chi connectivity index (χ2n) is 7.24. The van der Waals surface area contributed by atoms with Crippen molar-refractivity contribution in [3.8, 4) is 0 Å². The molecular formula is C21H38N6. The lowest BCUT2D eigenvalue weighted by molar-refractivity contribution is 0.297. The number of aliphatic imine (C=N–C) groups is 1. The van der Waals surface area contributed by atoms with E-state index in [2.05, 4.69) is 71.3 Å². The summed E-state index contributed by atoms with van der Waals surface area (Å²) in [6, 6.07) is 6.73. The fraction of sp³-hybridized carbons (Fsp3) is 0.714. The average molecular weight is 375 g/mol. The Morgan fingerprint density at radius 3 is 2.63 bits per heavy atom. The molecule has 0 spiro atoms. The molecule has 2 heterocycles. The summed E-state index contributed by atoms with van der Waals surface area (Å²) >= 11 is 0. The molecule has 0 unspecified atom stereocenters. The van der Waals surface area contributed by atoms with Gasteiger partial charge in [-0.15, -0.1) is 0 Å². The minimum Gasteiger partial charge on any atom is -0.357 e. The molecule has 2 N–H and O–H groups in total. The van der Waals surface area contributed by atoms with Crippen molar-refractivity contribution in [2.24, 2.45) is 4.99 Å². The Labute approximate surface area is 165 Å². The summed E-state index contributed by atoms with van der Waals surface area (Å²) in [7, 11) is 0. The van der Waals surface area contributed by atoms with Gasteiger partial charge in [-0.2, -0.15) is 0 Å². The molecule has 1 saturated heterocycles. The van der Waals surface area contributed by atoms with Crippen LogP contribution in [0.1, 0.15) is 45.7 Å². The summed E-state index contributed by atoms with van der Waals surface area (Å²) < 4.78 is 0. The Morgan fingerprint density at radius 1 is 1.22 bits per heavy atom. The van der Waals surface area contributed by atoms with Crippen LogP contribution in [0.5, 0.6) is 0 Å². The van der Waals surface area contributed by atoms with Crippen molar-refractivity contribution in [2.45, 2.75) is 53.0 Å². The number of aromatic nitrogens is 1. The van der Waals surface area contributed by atoms with Crippen LogP contribution in [0.15, 0.2) is 23.2 Å². The highest BCUT2D eigenvalue weighted by Gasteiger charge is 2.20. The van der Waals surface area contributed by atoms with Crippen LogP contribution in [0.4, 0.5) is 5.82 Å². The molecule has 27 heavy (non-hydrogen) atoms. The van der Waals surface area contributed by atoms with Crippen LogP contribution in [0.3, 0.4) is 0 Å². The highest BCUT2D eigenvalue weighted by atomic mass is 15.2. The van der Waals surface area contributed by atoms with Gasteiger partial charge in [0.25, 0.3) is 0 Å². The van der Waals surface area contributed by atoms with Gasteiger partial charge >= 0.3 is 0 Å². The molecule has 1 aliphatic heterocycles. The Hall–Kier alpha value is -1.82. The summed E-state index contributed by atoms with van der Waals surface area (Å²) in [5, 5.41) is 7.04. The molecule has 1 aromatic rings. The van der Waals surface area contributed by atoms with E-state index in [9.17, 15) is 0 Å². The van der Waals surface area contributed by atoms with Gasteiger partial charge in [-0.3, -0.25) is 4.99 Å². The number of rotatable bonds is 9. The highest BCUT2D eigenvalue weighted by Crippen LogP contribution is 2.18. The molecule has 2 rings (SSSR count). The molecule has 0 amide bonds. The number of piperidine rings is 1. The normalized spacial score (nSPS) is 16.0. The van der Waals surface area contributed by atoms with Crippen molar-refractivity contribution in [1.29, 1.82) is 0 Å². The molecule has 0 radical (unpaired) electrons. The largest absolute Gasteiger partial charge is 0.357 e. The zero-order valence-electron chi connectivity index (χ0n) is 17.7. The monoisotopic (exact) mass is 374 g/mol. The smallest absolute Gasteiger partial charge is 0.191 e. The number of hydrogen-bond acceptors (Lipinski definition) is 4. The molecule has 152 valence electrons. The van der Waals surface area contributed by atoms with Gasteiger partial charge in [-0.1, -0.05) is 19.9 Å². The fourth-order valence-corrected chi connectivity index (χ4v) is 3.52. The first-order chi connectivity index (χ1) is 13.2. The van der Waals surface area contributed by atoms with Crippen molar-refractivity contribution in [2.75, 3.05) is 50.7 Å². The van der Waals surface area contributed by atoms with Gasteiger partial charge in [0.05, 0.1) is 6.54 Å². The van der Waals surface area contributed by atoms with E-state index in [0.717, 1.165) is 76.1 Å². The van der Waals surface area contributed by atoms with E-state index in [-0.39, 0.29) is 0 Å². The standard InChI is InChI=1S/C21H38N6/c1-5-14-26(7-3)17-13-23-21(22-6-2)25-19-11-15-27(16-12-19)20-10-8-9-18(4)24-20/h8-10,19H,5-7,11-17H2,1-4H3,(H2,22,23,25). The van der Waals surface area contributed by atoms with Crippen molar-refractivity contribution in [3.05, 3.63) is 23.9 Å². The van der Waals surface area contributed by atoms with Gasteiger partial charge in [0.1, 0.15) is 5.82 Å². The van der Waals surface area contributed by atoms with Crippen LogP contribution >= 0.6 is 0 Å². The topological polar surface area (TPSA) is 55.8 Å². The Balaban J connectivity index is 1.82. The first-order valence-electron chi connectivity index (χ1n) is 10.6. The van der Waals surface area contributed by atoms with Crippen LogP contribution < -0.4 is 15.5 Å². The van der Waals surface area contributed by atoms with Crippen molar-refractivity contribution in [3.63, 3.8) is 0 Å². The molecule has 0 bridgehead atoms. The third-order valence-corrected chi connectivity index (χ3v) is 5.05. The number of nitrogens with one attached hydrogen (secondary N) is 2. The lowest BCUT2D eigenvalue weighted by Gasteiger charge is -2.34. The quantitative estimate of drug-likeness (QED) is 0.514. The van der Waals surface area contributed by atoms with Gasteiger partial charge < -0.3 is 20.4 Å². The molecule has 1 aromatic heterocycles. The number of hydrogen-bond donors (Lipinski definition) is 2. The van der Waals surface area contributed by atoms with E-state index in [4.69, 9.17) is 4.99 Å². The van der Waals surface area contributed by atoms with Crippen LogP contribution in [0.2, 0.25) is 0 Å². The van der Waals surface area contributed by atoms with E-state index in [0.29, 0.717) is 6.04 Å². The number of anilines is 1. The lowest BCUT2D eigenvalue weighted by atomic mass is 10.1. The minimum absolute atomic E-state index is 0.474. The van der Waals surface area contributed by atoms with E-state index < -0.39 is 0 Å². The van der Waals surface area contributed by atoms with Gasteiger partial charge in [-0.25, -0.2) is 4.98 Å². The maximum atomic E-state index is 4.79. The molecule has 6 nitrogen and oxygen atoms in total. The second kappa shape index (κ2) is 11.8. The molecule has 0 aromatic carbocycles. The molecule has 0 saturated carbocycles. The zero-order chi connectivity index (χ0) is 19.5. The summed E-state index contributed by atoms with van der Waals surface area (Å²) in [5.74, 6) is 2.06. The van der Waals surface area contributed by atoms with E-state index in [1.54, 1.807) is 0 Å². The predicted molar refractivity (Wildman–Crippen MR) is 116 cm³/mol. The van der Waals surface area contributed by atoms with Crippen LogP contribution in [0.25, 0.3) is 0 Å². The number of aryl methyl sites for hydroxylation is 1. The third kappa shape index (κ3) is 7.37. The van der Waals surface area contributed by atoms with Gasteiger partial charge in [0.2, 0.25) is 0 Å². The van der Waals surface area contributed by atoms with E-state index in [1.165, 1.54) is 6.42 Å². The number of pyridine rings is 1. The summed E-state index contributed by atoms with van der Waals surface area (Å²) in [4.78, 5) is 14.3. The maximum Gasteiger partial charge on any atom is 0.191 e. The molecule has 1 aliphatic rings. The molecule has 0 aliphatic carbocycles. The highest BCUT2D eigenvalue weighted by molar-refractivity contribution is 5.80. The van der Waals surface area contributed by atoms with Crippen LogP contribution in [0, 0.1) is 6.92 Å². The number of guanidine groups is 1. The Bertz CT molecular complexity index is 566. The Morgan fingerprint density at radius 2 is 2.00 bits per heavy atom. The Kier molecular flexibility index (Phi) is 9.39. The second-order valence-corrected chi connectivity index (χ2v) is 7.24. The molecular weight excluding hydrogens is 336 g/mol. The van der Waals surface area contributed by atoms with Gasteiger partial charge in [0.15, 0.2) is 5.96 Å².